The number of nitrogens with zero attached hydrogens (tertiary/aromatic N) is 14. The molecule has 22 heteroatoms. The second kappa shape index (κ2) is 22.2. The molecule has 0 spiro atoms. The Kier molecular flexibility index (Phi) is 15.8. The highest BCUT2D eigenvalue weighted by Crippen LogP contribution is 2.27. The Hall–Kier alpha value is -7.06. The van der Waals surface area contributed by atoms with Gasteiger partial charge in [0, 0.05) is 61.7 Å². The second-order valence-electron chi connectivity index (χ2n) is 15.3. The number of halogens is 2. The van der Waals surface area contributed by atoms with Crippen LogP contribution in [0.5, 0.6) is 0 Å². The molecule has 0 saturated carbocycles. The van der Waals surface area contributed by atoms with Crippen LogP contribution in [0, 0.1) is 27.7 Å². The van der Waals surface area contributed by atoms with E-state index in [1.165, 1.54) is 0 Å². The molecule has 0 atom stereocenters. The predicted octanol–water partition coefficient (Wildman–Crippen LogP) is 10.2. The summed E-state index contributed by atoms with van der Waals surface area (Å²) in [4.78, 5) is 64.6. The van der Waals surface area contributed by atoms with Crippen molar-refractivity contribution < 1.29 is 0 Å². The molecular weight excluding hydrogens is 880 g/mol. The van der Waals surface area contributed by atoms with Crippen LogP contribution in [0.2, 0.25) is 10.3 Å². The number of nitrogens with one attached hydrogen (secondary N) is 6. The highest BCUT2D eigenvalue weighted by Gasteiger charge is 2.14. The van der Waals surface area contributed by atoms with Gasteiger partial charge >= 0.3 is 0 Å². The fraction of sp³-hybridized carbons (Fsp3) is 0.364. The SMILES string of the molecule is CCCCc1nc(Nc2cc(Cl)nc(C)n2)cc(Nc2cc(Nc3cc(Nc4cc(Nc5cc(Nc6cc(Cl)nc(C)n6)nc(CCCC)n5)nc(C)n4)nc(CCCC)n3)nc(C)n2)n1. The van der Waals surface area contributed by atoms with Gasteiger partial charge in [0.05, 0.1) is 0 Å². The maximum atomic E-state index is 6.21. The van der Waals surface area contributed by atoms with Crippen molar-refractivity contribution in [1.82, 2.24) is 69.8 Å². The van der Waals surface area contributed by atoms with Crippen LogP contribution in [0.25, 0.3) is 0 Å². The van der Waals surface area contributed by atoms with Crippen molar-refractivity contribution in [2.24, 2.45) is 0 Å². The summed E-state index contributed by atoms with van der Waals surface area (Å²) in [5, 5.41) is 20.6. The molecule has 7 rings (SSSR count). The van der Waals surface area contributed by atoms with E-state index in [1.54, 1.807) is 56.3 Å². The minimum atomic E-state index is 0.330. The van der Waals surface area contributed by atoms with Crippen LogP contribution < -0.4 is 31.9 Å². The van der Waals surface area contributed by atoms with Crippen molar-refractivity contribution in [3.05, 3.63) is 93.5 Å². The van der Waals surface area contributed by atoms with Gasteiger partial charge in [0.1, 0.15) is 121 Å². The van der Waals surface area contributed by atoms with Gasteiger partial charge in [-0.25, -0.2) is 69.8 Å². The second-order valence-corrected chi connectivity index (χ2v) is 16.1. The number of hydrogen-bond donors (Lipinski definition) is 6. The molecule has 0 radical (unpaired) electrons. The minimum absolute atomic E-state index is 0.330. The van der Waals surface area contributed by atoms with E-state index < -0.39 is 0 Å². The van der Waals surface area contributed by atoms with Crippen molar-refractivity contribution in [3.63, 3.8) is 0 Å². The molecular formula is C44H52Cl2N20. The van der Waals surface area contributed by atoms with Gasteiger partial charge in [-0.05, 0) is 47.0 Å². The zero-order valence-corrected chi connectivity index (χ0v) is 39.4. The average molecular weight is 932 g/mol. The quantitative estimate of drug-likeness (QED) is 0.0366. The van der Waals surface area contributed by atoms with Gasteiger partial charge in [0.25, 0.3) is 0 Å². The maximum Gasteiger partial charge on any atom is 0.137 e. The molecule has 0 aliphatic carbocycles. The van der Waals surface area contributed by atoms with E-state index in [2.05, 4.69) is 92.5 Å². The van der Waals surface area contributed by atoms with E-state index in [4.69, 9.17) is 53.1 Å². The molecule has 0 unspecified atom stereocenters. The third-order valence-electron chi connectivity index (χ3n) is 9.41. The van der Waals surface area contributed by atoms with Gasteiger partial charge in [0.2, 0.25) is 0 Å². The lowest BCUT2D eigenvalue weighted by atomic mass is 10.2. The molecule has 0 amide bonds. The molecule has 0 bridgehead atoms. The molecule has 0 saturated heterocycles. The Morgan fingerprint density at radius 3 is 0.712 bits per heavy atom. The van der Waals surface area contributed by atoms with Crippen molar-refractivity contribution in [2.45, 2.75) is 106 Å². The summed E-state index contributed by atoms with van der Waals surface area (Å²) in [6, 6.07) is 12.3. The average Bonchev–Trinajstić information content (AvgIpc) is 3.23. The largest absolute Gasteiger partial charge is 0.325 e. The van der Waals surface area contributed by atoms with Crippen molar-refractivity contribution in [3.8, 4) is 0 Å². The topological polar surface area (TPSA) is 253 Å². The Morgan fingerprint density at radius 2 is 0.500 bits per heavy atom. The molecule has 7 aromatic heterocycles. The van der Waals surface area contributed by atoms with Gasteiger partial charge in [-0.1, -0.05) is 63.2 Å². The number of anilines is 12. The van der Waals surface area contributed by atoms with Crippen LogP contribution in [-0.2, 0) is 19.3 Å². The third kappa shape index (κ3) is 14.0. The first-order valence-electron chi connectivity index (χ1n) is 21.9. The molecule has 0 aliphatic rings. The first kappa shape index (κ1) is 46.9. The van der Waals surface area contributed by atoms with Crippen LogP contribution in [0.1, 0.15) is 100 Å². The molecule has 342 valence electrons. The van der Waals surface area contributed by atoms with E-state index in [0.717, 1.165) is 38.5 Å². The first-order valence-corrected chi connectivity index (χ1v) is 22.6. The number of unbranched alkanes of at least 4 members (excludes halogenated alkanes) is 3. The standard InChI is InChI=1S/C44H52Cl2N20/c1-8-11-14-30-55-39(61-33-17-28(45)47-24(4)49-33)21-41(57-30)63-35-19-37(53-26(6)51-35)65-43-23-44(60-32(59-43)16-13-10-3)66-38-20-36(52-27(7)54-38)64-42-22-40(56-31(58-42)15-12-9-2)62-34-18-29(46)48-25(5)50-34/h17-23H,8-16H2,1-7H3,(H6,47,48,49,50,51,52,53,54,55,56,57,58,59,60,61,62,63,64,65,66). The third-order valence-corrected chi connectivity index (χ3v) is 9.79. The Balaban J connectivity index is 1.12. The number of aryl methyl sites for hydroxylation is 7. The zero-order valence-electron chi connectivity index (χ0n) is 37.9. The number of rotatable bonds is 21. The van der Waals surface area contributed by atoms with Gasteiger partial charge in [0.15, 0.2) is 0 Å². The van der Waals surface area contributed by atoms with E-state index in [9.17, 15) is 0 Å². The molecule has 7 aromatic rings. The van der Waals surface area contributed by atoms with E-state index in [1.807, 2.05) is 13.8 Å². The van der Waals surface area contributed by atoms with Crippen LogP contribution in [-0.4, -0.2) is 69.8 Å². The minimum Gasteiger partial charge on any atom is -0.325 e. The molecule has 7 heterocycles. The molecule has 0 aromatic carbocycles. The van der Waals surface area contributed by atoms with Crippen LogP contribution in [0.3, 0.4) is 0 Å². The van der Waals surface area contributed by atoms with Crippen LogP contribution in [0.15, 0.2) is 42.5 Å². The van der Waals surface area contributed by atoms with Crippen molar-refractivity contribution in [2.75, 3.05) is 31.9 Å². The highest BCUT2D eigenvalue weighted by atomic mass is 35.5. The van der Waals surface area contributed by atoms with Gasteiger partial charge < -0.3 is 31.9 Å². The molecule has 0 aliphatic heterocycles. The molecule has 66 heavy (non-hydrogen) atoms. The molecule has 0 fully saturated rings. The fourth-order valence-electron chi connectivity index (χ4n) is 6.59. The van der Waals surface area contributed by atoms with E-state index >= 15 is 0 Å². The monoisotopic (exact) mass is 930 g/mol. The van der Waals surface area contributed by atoms with Crippen molar-refractivity contribution in [1.29, 1.82) is 0 Å². The normalized spacial score (nSPS) is 11.0. The summed E-state index contributed by atoms with van der Waals surface area (Å²) >= 11 is 12.4. The zero-order chi connectivity index (χ0) is 46.6. The fourth-order valence-corrected chi connectivity index (χ4v) is 7.04. The smallest absolute Gasteiger partial charge is 0.137 e. The highest BCUT2D eigenvalue weighted by molar-refractivity contribution is 6.29. The summed E-state index contributed by atoms with van der Waals surface area (Å²) in [5.41, 5.74) is 0. The summed E-state index contributed by atoms with van der Waals surface area (Å²) in [6.07, 6.45) is 7.78. The van der Waals surface area contributed by atoms with Gasteiger partial charge in [-0.3, -0.25) is 0 Å². The van der Waals surface area contributed by atoms with E-state index in [-0.39, 0.29) is 0 Å². The molecule has 20 nitrogen and oxygen atoms in total. The van der Waals surface area contributed by atoms with Crippen molar-refractivity contribution >= 4 is 93.0 Å². The first-order chi connectivity index (χ1) is 31.9. The number of aromatic nitrogens is 14. The maximum absolute atomic E-state index is 6.21. The van der Waals surface area contributed by atoms with Crippen LogP contribution in [0.4, 0.5) is 69.8 Å². The Bertz CT molecular complexity index is 2570. The van der Waals surface area contributed by atoms with E-state index in [0.29, 0.717) is 140 Å². The number of hydrogen-bond acceptors (Lipinski definition) is 20. The van der Waals surface area contributed by atoms with Gasteiger partial charge in [-0.2, -0.15) is 0 Å². The lowest BCUT2D eigenvalue weighted by Gasteiger charge is -2.14. The predicted molar refractivity (Wildman–Crippen MR) is 259 cm³/mol. The summed E-state index contributed by atoms with van der Waals surface area (Å²) < 4.78 is 0. The van der Waals surface area contributed by atoms with Gasteiger partial charge in [-0.15, -0.1) is 0 Å². The summed E-state index contributed by atoms with van der Waals surface area (Å²) in [7, 11) is 0. The Morgan fingerprint density at radius 1 is 0.303 bits per heavy atom. The summed E-state index contributed by atoms with van der Waals surface area (Å²) in [6.45, 7) is 13.6. The van der Waals surface area contributed by atoms with Crippen LogP contribution >= 0.6 is 23.2 Å². The summed E-state index contributed by atoms with van der Waals surface area (Å²) in [5.74, 6) is 10.5. The lowest BCUT2D eigenvalue weighted by Crippen LogP contribution is -2.09. The Labute approximate surface area is 393 Å². The lowest BCUT2D eigenvalue weighted by molar-refractivity contribution is 0.754. The molecule has 6 N–H and O–H groups in total.